The Balaban J connectivity index is 0.00000312. The van der Waals surface area contributed by atoms with Crippen LogP contribution in [-0.4, -0.2) is 29.5 Å². The van der Waals surface area contributed by atoms with Gasteiger partial charge in [0.1, 0.15) is 0 Å². The summed E-state index contributed by atoms with van der Waals surface area (Å²) in [6.07, 6.45) is 4.08. The molecule has 0 fully saturated rings. The van der Waals surface area contributed by atoms with E-state index in [0.717, 1.165) is 36.8 Å². The highest BCUT2D eigenvalue weighted by Gasteiger charge is 2.00. The topological polar surface area (TPSA) is 70.4 Å². The standard InChI is InChI=1S/C18H25N5O.HI/c1-3-19-18(20-9-12-23-10-4-5-11-23)21-14-16-7-6-8-17(13-16)22-15(2)24;/h4-8,10-11,13H,3,9,12,14H2,1-2H3,(H,22,24)(H2,19,20,21);1H. The average molecular weight is 455 g/mol. The molecule has 0 aliphatic heterocycles. The van der Waals surface area contributed by atoms with Crippen LogP contribution in [0.5, 0.6) is 0 Å². The van der Waals surface area contributed by atoms with E-state index in [1.165, 1.54) is 6.92 Å². The van der Waals surface area contributed by atoms with Gasteiger partial charge in [-0.05, 0) is 36.8 Å². The molecule has 6 nitrogen and oxygen atoms in total. The summed E-state index contributed by atoms with van der Waals surface area (Å²) in [4.78, 5) is 15.7. The number of anilines is 1. The fourth-order valence-corrected chi connectivity index (χ4v) is 2.29. The van der Waals surface area contributed by atoms with E-state index in [0.29, 0.717) is 6.54 Å². The molecule has 2 rings (SSSR count). The molecule has 0 unspecified atom stereocenters. The van der Waals surface area contributed by atoms with Crippen molar-refractivity contribution >= 4 is 41.5 Å². The highest BCUT2D eigenvalue weighted by atomic mass is 127. The van der Waals surface area contributed by atoms with Gasteiger partial charge < -0.3 is 20.5 Å². The predicted octanol–water partition coefficient (Wildman–Crippen LogP) is 2.82. The number of carbonyl (C=O) groups excluding carboxylic acids is 1. The van der Waals surface area contributed by atoms with Crippen molar-refractivity contribution in [1.82, 2.24) is 15.2 Å². The van der Waals surface area contributed by atoms with Crippen LogP contribution in [0.4, 0.5) is 5.69 Å². The zero-order chi connectivity index (χ0) is 17.2. The molecule has 0 bridgehead atoms. The zero-order valence-corrected chi connectivity index (χ0v) is 17.0. The van der Waals surface area contributed by atoms with E-state index in [2.05, 4.69) is 25.5 Å². The molecule has 136 valence electrons. The first-order chi connectivity index (χ1) is 11.7. The Morgan fingerprint density at radius 1 is 1.16 bits per heavy atom. The largest absolute Gasteiger partial charge is 0.357 e. The van der Waals surface area contributed by atoms with Gasteiger partial charge in [-0.15, -0.1) is 24.0 Å². The predicted molar refractivity (Wildman–Crippen MR) is 113 cm³/mol. The minimum atomic E-state index is -0.0735. The molecule has 1 amide bonds. The summed E-state index contributed by atoms with van der Waals surface area (Å²) in [6.45, 7) is 6.58. The van der Waals surface area contributed by atoms with Crippen molar-refractivity contribution in [2.24, 2.45) is 4.99 Å². The molecule has 25 heavy (non-hydrogen) atoms. The molecule has 2 aromatic rings. The van der Waals surface area contributed by atoms with Crippen molar-refractivity contribution in [3.05, 3.63) is 54.4 Å². The number of nitrogens with one attached hydrogen (secondary N) is 3. The lowest BCUT2D eigenvalue weighted by Crippen LogP contribution is -2.38. The van der Waals surface area contributed by atoms with Gasteiger partial charge in [0.15, 0.2) is 5.96 Å². The van der Waals surface area contributed by atoms with Gasteiger partial charge in [0.05, 0.1) is 6.54 Å². The summed E-state index contributed by atoms with van der Waals surface area (Å²) in [5.41, 5.74) is 1.84. The minimum absolute atomic E-state index is 0. The van der Waals surface area contributed by atoms with Crippen molar-refractivity contribution in [1.29, 1.82) is 0 Å². The first-order valence-electron chi connectivity index (χ1n) is 8.17. The monoisotopic (exact) mass is 455 g/mol. The third kappa shape index (κ3) is 8.06. The number of halogens is 1. The maximum atomic E-state index is 11.1. The number of rotatable bonds is 7. The van der Waals surface area contributed by atoms with Crippen molar-refractivity contribution in [3.63, 3.8) is 0 Å². The molecule has 0 aliphatic rings. The van der Waals surface area contributed by atoms with Crippen LogP contribution in [0.25, 0.3) is 0 Å². The molecule has 1 aromatic carbocycles. The fraction of sp³-hybridized carbons (Fsp3) is 0.333. The zero-order valence-electron chi connectivity index (χ0n) is 14.7. The van der Waals surface area contributed by atoms with Gasteiger partial charge >= 0.3 is 0 Å². The number of hydrogen-bond acceptors (Lipinski definition) is 2. The molecular formula is C18H26IN5O. The van der Waals surface area contributed by atoms with Crippen molar-refractivity contribution in [3.8, 4) is 0 Å². The summed E-state index contributed by atoms with van der Waals surface area (Å²) < 4.78 is 2.12. The average Bonchev–Trinajstić information content (AvgIpc) is 3.06. The number of hydrogen-bond donors (Lipinski definition) is 3. The van der Waals surface area contributed by atoms with Crippen LogP contribution in [0.2, 0.25) is 0 Å². The van der Waals surface area contributed by atoms with Gasteiger partial charge in [-0.25, -0.2) is 4.99 Å². The van der Waals surface area contributed by atoms with Crippen LogP contribution in [0.15, 0.2) is 53.8 Å². The molecule has 0 saturated heterocycles. The summed E-state index contributed by atoms with van der Waals surface area (Å²) in [6, 6.07) is 11.8. The highest BCUT2D eigenvalue weighted by molar-refractivity contribution is 14.0. The Morgan fingerprint density at radius 3 is 2.60 bits per heavy atom. The van der Waals surface area contributed by atoms with Crippen molar-refractivity contribution in [2.45, 2.75) is 26.9 Å². The maximum absolute atomic E-state index is 11.1. The number of nitrogens with zero attached hydrogens (tertiary/aromatic N) is 2. The molecule has 3 N–H and O–H groups in total. The summed E-state index contributed by atoms with van der Waals surface area (Å²) in [7, 11) is 0. The second kappa shape index (κ2) is 11.5. The molecular weight excluding hydrogens is 429 g/mol. The smallest absolute Gasteiger partial charge is 0.221 e. The summed E-state index contributed by atoms with van der Waals surface area (Å²) in [5.74, 6) is 0.713. The first-order valence-corrected chi connectivity index (χ1v) is 8.17. The second-order valence-corrected chi connectivity index (χ2v) is 5.42. The van der Waals surface area contributed by atoms with Crippen molar-refractivity contribution < 1.29 is 4.79 Å². The van der Waals surface area contributed by atoms with Gasteiger partial charge in [0.2, 0.25) is 5.91 Å². The van der Waals surface area contributed by atoms with Crippen LogP contribution >= 0.6 is 24.0 Å². The molecule has 0 radical (unpaired) electrons. The van der Waals surface area contributed by atoms with E-state index in [9.17, 15) is 4.79 Å². The molecule has 0 saturated carbocycles. The third-order valence-electron chi connectivity index (χ3n) is 3.34. The summed E-state index contributed by atoms with van der Waals surface area (Å²) >= 11 is 0. The maximum Gasteiger partial charge on any atom is 0.221 e. The lowest BCUT2D eigenvalue weighted by molar-refractivity contribution is -0.114. The number of aliphatic imine (C=N–C) groups is 1. The van der Waals surface area contributed by atoms with Crippen LogP contribution in [0.1, 0.15) is 19.4 Å². The Kier molecular flexibility index (Phi) is 9.68. The van der Waals surface area contributed by atoms with Crippen LogP contribution in [-0.2, 0) is 17.9 Å². The summed E-state index contributed by atoms with van der Waals surface area (Å²) in [5, 5.41) is 9.35. The van der Waals surface area contributed by atoms with E-state index in [1.54, 1.807) is 0 Å². The van der Waals surface area contributed by atoms with Gasteiger partial charge in [-0.2, -0.15) is 0 Å². The highest BCUT2D eigenvalue weighted by Crippen LogP contribution is 2.11. The molecule has 0 atom stereocenters. The number of benzene rings is 1. The SMILES string of the molecule is CCNC(=NCc1cccc(NC(C)=O)c1)NCCn1cccc1.I. The van der Waals surface area contributed by atoms with Crippen LogP contribution < -0.4 is 16.0 Å². The molecule has 7 heteroatoms. The minimum Gasteiger partial charge on any atom is -0.357 e. The van der Waals surface area contributed by atoms with Crippen molar-refractivity contribution in [2.75, 3.05) is 18.4 Å². The van der Waals surface area contributed by atoms with Gasteiger partial charge in [-0.3, -0.25) is 4.79 Å². The number of guanidine groups is 1. The number of carbonyl (C=O) groups is 1. The van der Waals surface area contributed by atoms with E-state index < -0.39 is 0 Å². The quantitative estimate of drug-likeness (QED) is 0.342. The normalized spacial score (nSPS) is 10.7. The Morgan fingerprint density at radius 2 is 1.92 bits per heavy atom. The molecule has 0 spiro atoms. The Labute approximate surface area is 166 Å². The third-order valence-corrected chi connectivity index (χ3v) is 3.34. The lowest BCUT2D eigenvalue weighted by atomic mass is 10.2. The lowest BCUT2D eigenvalue weighted by Gasteiger charge is -2.12. The van der Waals surface area contributed by atoms with E-state index in [1.807, 2.05) is 55.7 Å². The van der Waals surface area contributed by atoms with Crippen LogP contribution in [0.3, 0.4) is 0 Å². The molecule has 0 aliphatic carbocycles. The van der Waals surface area contributed by atoms with E-state index in [4.69, 9.17) is 0 Å². The Hall–Kier alpha value is -2.03. The van der Waals surface area contributed by atoms with Crippen LogP contribution in [0, 0.1) is 0 Å². The molecule has 1 aromatic heterocycles. The van der Waals surface area contributed by atoms with Gasteiger partial charge in [-0.1, -0.05) is 12.1 Å². The number of amides is 1. The molecule has 1 heterocycles. The fourth-order valence-electron chi connectivity index (χ4n) is 2.29. The van der Waals surface area contributed by atoms with Gasteiger partial charge in [0.25, 0.3) is 0 Å². The van der Waals surface area contributed by atoms with E-state index in [-0.39, 0.29) is 29.9 Å². The number of aromatic nitrogens is 1. The first kappa shape index (κ1) is 21.0. The second-order valence-electron chi connectivity index (χ2n) is 5.42. The Bertz CT molecular complexity index is 670. The van der Waals surface area contributed by atoms with Gasteiger partial charge in [0, 0.05) is 44.6 Å². The van der Waals surface area contributed by atoms with E-state index >= 15 is 0 Å².